The van der Waals surface area contributed by atoms with Crippen LogP contribution in [0.1, 0.15) is 15.9 Å². The number of allylic oxidation sites excluding steroid dienone is 1. The van der Waals surface area contributed by atoms with E-state index in [1.165, 1.54) is 55.7 Å². The Morgan fingerprint density at radius 1 is 1.10 bits per heavy atom. The van der Waals surface area contributed by atoms with E-state index in [1.54, 1.807) is 0 Å². The molecule has 0 aromatic heterocycles. The van der Waals surface area contributed by atoms with Gasteiger partial charge in [-0.2, -0.15) is 0 Å². The van der Waals surface area contributed by atoms with E-state index in [4.69, 9.17) is 4.74 Å². The number of phenols is 3. The van der Waals surface area contributed by atoms with E-state index in [2.05, 4.69) is 0 Å². The van der Waals surface area contributed by atoms with Crippen molar-refractivity contribution >= 4 is 11.9 Å². The van der Waals surface area contributed by atoms with Crippen LogP contribution in [0, 0.1) is 0 Å². The number of hydrogen-bond acceptors (Lipinski definition) is 5. The lowest BCUT2D eigenvalue weighted by molar-refractivity contribution is 0.104. The first-order valence-corrected chi connectivity index (χ1v) is 6.13. The topological polar surface area (TPSA) is 87.0 Å². The van der Waals surface area contributed by atoms with Crippen LogP contribution in [0.2, 0.25) is 0 Å². The van der Waals surface area contributed by atoms with Gasteiger partial charge in [0, 0.05) is 6.07 Å². The van der Waals surface area contributed by atoms with Gasteiger partial charge >= 0.3 is 0 Å². The number of benzene rings is 2. The molecule has 0 unspecified atom stereocenters. The maximum Gasteiger partial charge on any atom is 0.189 e. The smallest absolute Gasteiger partial charge is 0.189 e. The van der Waals surface area contributed by atoms with Crippen molar-refractivity contribution in [2.45, 2.75) is 0 Å². The summed E-state index contributed by atoms with van der Waals surface area (Å²) in [6, 6.07) is 8.45. The van der Waals surface area contributed by atoms with Crippen LogP contribution in [0.15, 0.2) is 42.5 Å². The number of phenolic OH excluding ortho intramolecular Hbond substituents is 3. The molecule has 3 N–H and O–H groups in total. The van der Waals surface area contributed by atoms with Crippen molar-refractivity contribution < 1.29 is 24.9 Å². The zero-order valence-corrected chi connectivity index (χ0v) is 11.3. The summed E-state index contributed by atoms with van der Waals surface area (Å²) in [6.07, 6.45) is 2.53. The second kappa shape index (κ2) is 6.00. The van der Waals surface area contributed by atoms with E-state index < -0.39 is 0 Å². The molecular formula is C16H14O5. The fourth-order valence-corrected chi connectivity index (χ4v) is 1.84. The Hall–Kier alpha value is -2.95. The van der Waals surface area contributed by atoms with Crippen molar-refractivity contribution in [3.8, 4) is 23.0 Å². The molecule has 0 atom stereocenters. The molecule has 0 saturated carbocycles. The molecule has 0 fully saturated rings. The van der Waals surface area contributed by atoms with Crippen LogP contribution in [0.5, 0.6) is 23.0 Å². The first kappa shape index (κ1) is 14.5. The van der Waals surface area contributed by atoms with Crippen molar-refractivity contribution in [2.75, 3.05) is 7.11 Å². The normalized spacial score (nSPS) is 10.7. The van der Waals surface area contributed by atoms with E-state index >= 15 is 0 Å². The van der Waals surface area contributed by atoms with Gasteiger partial charge in [-0.3, -0.25) is 4.79 Å². The number of ketones is 1. The summed E-state index contributed by atoms with van der Waals surface area (Å²) in [5.74, 6) is -0.403. The number of methoxy groups -OCH3 is 1. The summed E-state index contributed by atoms with van der Waals surface area (Å²) in [5.41, 5.74) is 0.421. The molecule has 21 heavy (non-hydrogen) atoms. The Morgan fingerprint density at radius 3 is 2.38 bits per heavy atom. The Balaban J connectivity index is 2.32. The van der Waals surface area contributed by atoms with Crippen LogP contribution in [0.3, 0.4) is 0 Å². The third-order valence-corrected chi connectivity index (χ3v) is 2.91. The summed E-state index contributed by atoms with van der Waals surface area (Å²) in [6.45, 7) is 0. The molecule has 5 nitrogen and oxygen atoms in total. The van der Waals surface area contributed by atoms with E-state index in [1.807, 2.05) is 0 Å². The minimum Gasteiger partial charge on any atom is -0.508 e. The molecule has 0 spiro atoms. The minimum atomic E-state index is -0.380. The second-order valence-electron chi connectivity index (χ2n) is 4.29. The van der Waals surface area contributed by atoms with Gasteiger partial charge in [0.05, 0.1) is 18.2 Å². The Labute approximate surface area is 121 Å². The first-order chi connectivity index (χ1) is 10.0. The van der Waals surface area contributed by atoms with Crippen LogP contribution in [-0.4, -0.2) is 28.2 Å². The number of carbonyl (C=O) groups excluding carboxylic acids is 1. The van der Waals surface area contributed by atoms with Crippen molar-refractivity contribution in [1.82, 2.24) is 0 Å². The summed E-state index contributed by atoms with van der Waals surface area (Å²) >= 11 is 0. The summed E-state index contributed by atoms with van der Waals surface area (Å²) in [4.78, 5) is 12.1. The van der Waals surface area contributed by atoms with Gasteiger partial charge in [-0.05, 0) is 36.4 Å². The van der Waals surface area contributed by atoms with E-state index in [0.717, 1.165) is 0 Å². The minimum absolute atomic E-state index is 0.00859. The zero-order chi connectivity index (χ0) is 15.4. The van der Waals surface area contributed by atoms with Gasteiger partial charge < -0.3 is 20.1 Å². The predicted octanol–water partition coefficient (Wildman–Crippen LogP) is 2.71. The zero-order valence-electron chi connectivity index (χ0n) is 11.3. The van der Waals surface area contributed by atoms with E-state index in [0.29, 0.717) is 0 Å². The van der Waals surface area contributed by atoms with Crippen molar-refractivity contribution in [3.63, 3.8) is 0 Å². The fourth-order valence-electron chi connectivity index (χ4n) is 1.84. The number of ether oxygens (including phenoxy) is 1. The van der Waals surface area contributed by atoms with Gasteiger partial charge in [-0.1, -0.05) is 6.07 Å². The summed E-state index contributed by atoms with van der Waals surface area (Å²) in [5, 5.41) is 28.6. The third-order valence-electron chi connectivity index (χ3n) is 2.91. The Morgan fingerprint density at radius 2 is 1.76 bits per heavy atom. The second-order valence-corrected chi connectivity index (χ2v) is 4.29. The number of aromatic hydroxyl groups is 3. The van der Waals surface area contributed by atoms with Gasteiger partial charge in [0.15, 0.2) is 5.78 Å². The highest BCUT2D eigenvalue weighted by Gasteiger charge is 2.11. The van der Waals surface area contributed by atoms with Gasteiger partial charge in [-0.15, -0.1) is 0 Å². The third kappa shape index (κ3) is 3.14. The van der Waals surface area contributed by atoms with Crippen LogP contribution >= 0.6 is 0 Å². The fraction of sp³-hybridized carbons (Fsp3) is 0.0625. The number of hydrogen-bond donors (Lipinski definition) is 3. The lowest BCUT2D eigenvalue weighted by Gasteiger charge is -2.06. The molecule has 0 aliphatic heterocycles. The molecule has 0 saturated heterocycles. The quantitative estimate of drug-likeness (QED) is 0.594. The Bertz CT molecular complexity index is 684. The lowest BCUT2D eigenvalue weighted by atomic mass is 10.1. The van der Waals surface area contributed by atoms with E-state index in [9.17, 15) is 20.1 Å². The van der Waals surface area contributed by atoms with Gasteiger partial charge in [-0.25, -0.2) is 0 Å². The van der Waals surface area contributed by atoms with Crippen molar-refractivity contribution in [3.05, 3.63) is 53.6 Å². The molecule has 108 valence electrons. The highest BCUT2D eigenvalue weighted by Crippen LogP contribution is 2.29. The van der Waals surface area contributed by atoms with Gasteiger partial charge in [0.25, 0.3) is 0 Å². The number of rotatable bonds is 4. The first-order valence-electron chi connectivity index (χ1n) is 6.13. The highest BCUT2D eigenvalue weighted by molar-refractivity contribution is 6.09. The summed E-state index contributed by atoms with van der Waals surface area (Å²) in [7, 11) is 1.39. The standard InChI is InChI=1S/C16H14O5/c1-21-16-9-10(17)5-6-12(16)15(20)8-7-11-13(18)3-2-4-14(11)19/h2-9,17-19H,1H3. The predicted molar refractivity (Wildman–Crippen MR) is 77.8 cm³/mol. The van der Waals surface area contributed by atoms with Crippen LogP contribution in [0.4, 0.5) is 0 Å². The molecule has 0 aliphatic rings. The molecule has 2 aromatic rings. The molecule has 0 amide bonds. The summed E-state index contributed by atoms with van der Waals surface area (Å²) < 4.78 is 5.03. The van der Waals surface area contributed by atoms with Crippen molar-refractivity contribution in [1.29, 1.82) is 0 Å². The maximum absolute atomic E-state index is 12.1. The molecular weight excluding hydrogens is 272 g/mol. The van der Waals surface area contributed by atoms with Gasteiger partial charge in [0.1, 0.15) is 23.0 Å². The number of carbonyl (C=O) groups is 1. The Kier molecular flexibility index (Phi) is 4.13. The van der Waals surface area contributed by atoms with Crippen LogP contribution in [0.25, 0.3) is 6.08 Å². The monoisotopic (exact) mass is 286 g/mol. The van der Waals surface area contributed by atoms with E-state index in [-0.39, 0.29) is 39.9 Å². The lowest BCUT2D eigenvalue weighted by Crippen LogP contribution is -1.98. The van der Waals surface area contributed by atoms with Crippen LogP contribution in [-0.2, 0) is 0 Å². The highest BCUT2D eigenvalue weighted by atomic mass is 16.5. The largest absolute Gasteiger partial charge is 0.508 e. The molecule has 0 radical (unpaired) electrons. The van der Waals surface area contributed by atoms with Crippen LogP contribution < -0.4 is 4.74 Å². The van der Waals surface area contributed by atoms with Crippen molar-refractivity contribution in [2.24, 2.45) is 0 Å². The maximum atomic E-state index is 12.1. The molecule has 0 bridgehead atoms. The molecule has 0 heterocycles. The average Bonchev–Trinajstić information content (AvgIpc) is 2.46. The SMILES string of the molecule is COc1cc(O)ccc1C(=O)C=Cc1c(O)cccc1O. The molecule has 2 aromatic carbocycles. The molecule has 5 heteroatoms. The molecule has 2 rings (SSSR count). The van der Waals surface area contributed by atoms with Gasteiger partial charge in [0.2, 0.25) is 0 Å². The average molecular weight is 286 g/mol. The molecule has 0 aliphatic carbocycles.